The van der Waals surface area contributed by atoms with Gasteiger partial charge in [-0.25, -0.2) is 13.2 Å². The highest BCUT2D eigenvalue weighted by molar-refractivity contribution is 7.99. The lowest BCUT2D eigenvalue weighted by atomic mass is 9.97. The fourth-order valence-electron chi connectivity index (χ4n) is 7.94. The quantitative estimate of drug-likeness (QED) is 0.0404. The Morgan fingerprint density at radius 1 is 0.862 bits per heavy atom. The van der Waals surface area contributed by atoms with Crippen molar-refractivity contribution in [2.24, 2.45) is 0 Å². The second kappa shape index (κ2) is 21.1. The lowest BCUT2D eigenvalue weighted by Gasteiger charge is -2.37. The summed E-state index contributed by atoms with van der Waals surface area (Å²) in [6.45, 7) is 6.03. The van der Waals surface area contributed by atoms with Crippen molar-refractivity contribution in [2.45, 2.75) is 42.1 Å². The molecule has 2 heterocycles. The number of nitro groups is 1. The van der Waals surface area contributed by atoms with E-state index in [2.05, 4.69) is 24.7 Å². The highest BCUT2D eigenvalue weighted by Crippen LogP contribution is 2.43. The molecule has 0 amide bonds. The van der Waals surface area contributed by atoms with Gasteiger partial charge in [0.25, 0.3) is 15.7 Å². The van der Waals surface area contributed by atoms with Gasteiger partial charge < -0.3 is 29.7 Å². The zero-order chi connectivity index (χ0) is 46.3. The fourth-order valence-corrected chi connectivity index (χ4v) is 10.5. The summed E-state index contributed by atoms with van der Waals surface area (Å²) in [6, 6.07) is 36.0. The van der Waals surface area contributed by atoms with Crippen LogP contribution in [-0.2, 0) is 16.6 Å². The average Bonchev–Trinajstić information content (AvgIpc) is 3.59. The minimum absolute atomic E-state index is 0.0543. The molecular formula is C48H51Cl2N7O6S2. The summed E-state index contributed by atoms with van der Waals surface area (Å²) < 4.78 is 31.7. The van der Waals surface area contributed by atoms with E-state index in [1.807, 2.05) is 104 Å². The number of benzene rings is 5. The molecular weight excluding hydrogens is 906 g/mol. The Morgan fingerprint density at radius 2 is 1.54 bits per heavy atom. The number of aromatic nitrogens is 1. The fraction of sp³-hybridized carbons (Fsp3) is 0.271. The van der Waals surface area contributed by atoms with Crippen molar-refractivity contribution >= 4 is 79.4 Å². The number of halogens is 2. The Bertz CT molecular complexity index is 2730. The van der Waals surface area contributed by atoms with Crippen LogP contribution >= 0.6 is 35.0 Å². The van der Waals surface area contributed by atoms with Gasteiger partial charge in [-0.05, 0) is 117 Å². The van der Waals surface area contributed by atoms with Crippen LogP contribution in [0.4, 0.5) is 28.4 Å². The predicted molar refractivity (Wildman–Crippen MR) is 265 cm³/mol. The molecule has 1 atom stereocenters. The Morgan fingerprint density at radius 3 is 2.17 bits per heavy atom. The standard InChI is InChI=1S/C48H51Cl2N7O6S2/c1-4-24-56-46(33-13-15-35(49)16-14-33)44(45(47(56)50)48(58)59)34-9-8-10-39(30-34)55-28-26-54(27-29-55)38-19-17-36(18-20-38)52-65(62,63)41-21-22-42(43(31-41)57(60)61)51-37(23-25-53(2)3)32-64-40-11-6-5-7-12-40/h5-22,30-31,37,51-52H,4,23-29,32H2,1-3H3,(H,58,59)/t37-/m1/s1. The van der Waals surface area contributed by atoms with Crippen molar-refractivity contribution in [1.29, 1.82) is 0 Å². The van der Waals surface area contributed by atoms with E-state index in [9.17, 15) is 28.4 Å². The summed E-state index contributed by atoms with van der Waals surface area (Å²) in [7, 11) is -0.231. The maximum Gasteiger partial charge on any atom is 0.339 e. The minimum Gasteiger partial charge on any atom is -0.478 e. The zero-order valence-corrected chi connectivity index (χ0v) is 39.4. The van der Waals surface area contributed by atoms with Crippen molar-refractivity contribution in [1.82, 2.24) is 9.47 Å². The van der Waals surface area contributed by atoms with Crippen LogP contribution in [0.1, 0.15) is 30.1 Å². The summed E-state index contributed by atoms with van der Waals surface area (Å²) >= 11 is 14.7. The molecule has 340 valence electrons. The summed E-state index contributed by atoms with van der Waals surface area (Å²) in [5.41, 5.74) is 4.98. The molecule has 0 unspecified atom stereocenters. The third kappa shape index (κ3) is 11.4. The molecule has 5 aromatic carbocycles. The van der Waals surface area contributed by atoms with Crippen molar-refractivity contribution in [3.8, 4) is 22.4 Å². The lowest BCUT2D eigenvalue weighted by molar-refractivity contribution is -0.384. The maximum absolute atomic E-state index is 13.6. The van der Waals surface area contributed by atoms with Crippen molar-refractivity contribution in [3.05, 3.63) is 147 Å². The van der Waals surface area contributed by atoms with Crippen LogP contribution in [0.5, 0.6) is 0 Å². The van der Waals surface area contributed by atoms with Crippen LogP contribution in [0.2, 0.25) is 10.2 Å². The number of aromatic carboxylic acids is 1. The monoisotopic (exact) mass is 955 g/mol. The summed E-state index contributed by atoms with van der Waals surface area (Å²) in [5, 5.41) is 26.8. The molecule has 13 nitrogen and oxygen atoms in total. The van der Waals surface area contributed by atoms with Gasteiger partial charge in [0.05, 0.1) is 15.5 Å². The number of hydrogen-bond donors (Lipinski definition) is 3. The maximum atomic E-state index is 13.6. The van der Waals surface area contributed by atoms with Gasteiger partial charge in [0, 0.05) is 83.1 Å². The molecule has 1 saturated heterocycles. The van der Waals surface area contributed by atoms with E-state index in [1.165, 1.54) is 12.1 Å². The number of rotatable bonds is 19. The Kier molecular flexibility index (Phi) is 15.3. The normalized spacial score (nSPS) is 13.5. The first-order valence-electron chi connectivity index (χ1n) is 21.2. The number of nitro benzene ring substituents is 1. The number of anilines is 4. The third-order valence-electron chi connectivity index (χ3n) is 11.2. The largest absolute Gasteiger partial charge is 0.478 e. The smallest absolute Gasteiger partial charge is 0.339 e. The molecule has 1 aliphatic rings. The minimum atomic E-state index is -4.17. The van der Waals surface area contributed by atoms with Gasteiger partial charge in [0.2, 0.25) is 0 Å². The van der Waals surface area contributed by atoms with Gasteiger partial charge in [-0.3, -0.25) is 14.8 Å². The Balaban J connectivity index is 1.02. The average molecular weight is 957 g/mol. The van der Waals surface area contributed by atoms with Gasteiger partial charge in [0.15, 0.2) is 0 Å². The summed E-state index contributed by atoms with van der Waals surface area (Å²) in [5.74, 6) is -0.446. The molecule has 1 aromatic heterocycles. The van der Waals surface area contributed by atoms with E-state index in [0.717, 1.165) is 58.5 Å². The molecule has 65 heavy (non-hydrogen) atoms. The number of carboxylic acid groups (broad SMARTS) is 1. The predicted octanol–water partition coefficient (Wildman–Crippen LogP) is 10.8. The van der Waals surface area contributed by atoms with Crippen molar-refractivity contribution in [2.75, 3.05) is 72.4 Å². The van der Waals surface area contributed by atoms with Crippen LogP contribution in [0, 0.1) is 10.1 Å². The third-order valence-corrected chi connectivity index (χ3v) is 14.4. The van der Waals surface area contributed by atoms with E-state index >= 15 is 0 Å². The number of nitrogens with one attached hydrogen (secondary N) is 2. The van der Waals surface area contributed by atoms with Crippen LogP contribution in [0.15, 0.2) is 131 Å². The molecule has 6 aromatic rings. The highest BCUT2D eigenvalue weighted by atomic mass is 35.5. The molecule has 0 aliphatic carbocycles. The molecule has 0 spiro atoms. The van der Waals surface area contributed by atoms with E-state index < -0.39 is 20.9 Å². The van der Waals surface area contributed by atoms with Crippen LogP contribution < -0.4 is 19.8 Å². The van der Waals surface area contributed by atoms with Gasteiger partial charge in [0.1, 0.15) is 16.4 Å². The topological polar surface area (TPSA) is 153 Å². The first-order chi connectivity index (χ1) is 31.2. The van der Waals surface area contributed by atoms with E-state index in [4.69, 9.17) is 23.2 Å². The molecule has 0 bridgehead atoms. The molecule has 1 fully saturated rings. The van der Waals surface area contributed by atoms with E-state index in [1.54, 1.807) is 36.0 Å². The number of sulfonamides is 1. The van der Waals surface area contributed by atoms with Gasteiger partial charge in [-0.15, -0.1) is 11.8 Å². The number of nitrogens with zero attached hydrogens (tertiary/aromatic N) is 5. The van der Waals surface area contributed by atoms with Gasteiger partial charge in [-0.2, -0.15) is 0 Å². The summed E-state index contributed by atoms with van der Waals surface area (Å²) in [6.07, 6.45) is 1.48. The van der Waals surface area contributed by atoms with Crippen molar-refractivity contribution in [3.63, 3.8) is 0 Å². The number of carbonyl (C=O) groups is 1. The first kappa shape index (κ1) is 47.3. The Hall–Kier alpha value is -5.71. The number of carboxylic acids is 1. The number of hydrogen-bond acceptors (Lipinski definition) is 10. The second-order valence-electron chi connectivity index (χ2n) is 16.0. The molecule has 1 aliphatic heterocycles. The molecule has 17 heteroatoms. The van der Waals surface area contributed by atoms with Crippen LogP contribution in [0.25, 0.3) is 22.4 Å². The lowest BCUT2D eigenvalue weighted by Crippen LogP contribution is -2.46. The SMILES string of the molecule is CCCn1c(Cl)c(C(=O)O)c(-c2cccc(N3CCN(c4ccc(NS(=O)(=O)c5ccc(N[C@H](CCN(C)C)CSc6ccccc6)c([N+](=O)[O-])c5)cc4)CC3)c2)c1-c1ccc(Cl)cc1. The summed E-state index contributed by atoms with van der Waals surface area (Å²) in [4.78, 5) is 31.9. The Labute approximate surface area is 394 Å². The molecule has 0 radical (unpaired) electrons. The number of piperazine rings is 1. The van der Waals surface area contributed by atoms with Gasteiger partial charge in [-0.1, -0.05) is 72.6 Å². The van der Waals surface area contributed by atoms with E-state index in [0.29, 0.717) is 54.8 Å². The first-order valence-corrected chi connectivity index (χ1v) is 24.5. The second-order valence-corrected chi connectivity index (χ2v) is 19.6. The highest BCUT2D eigenvalue weighted by Gasteiger charge is 2.29. The molecule has 3 N–H and O–H groups in total. The van der Waals surface area contributed by atoms with Crippen molar-refractivity contribution < 1.29 is 23.2 Å². The van der Waals surface area contributed by atoms with Crippen LogP contribution in [0.3, 0.4) is 0 Å². The zero-order valence-electron chi connectivity index (χ0n) is 36.3. The van der Waals surface area contributed by atoms with Crippen LogP contribution in [-0.4, -0.2) is 92.5 Å². The van der Waals surface area contributed by atoms with Gasteiger partial charge >= 0.3 is 5.97 Å². The number of thioether (sulfide) groups is 1. The van der Waals surface area contributed by atoms with E-state index in [-0.39, 0.29) is 33.0 Å². The molecule has 7 rings (SSSR count). The molecule has 0 saturated carbocycles.